The van der Waals surface area contributed by atoms with E-state index >= 15 is 0 Å². The molecule has 1 heterocycles. The lowest BCUT2D eigenvalue weighted by molar-refractivity contribution is 0.371. The Balaban J connectivity index is 2.44. The quantitative estimate of drug-likeness (QED) is 0.930. The highest BCUT2D eigenvalue weighted by Gasteiger charge is 2.15. The minimum atomic E-state index is 0.176. The van der Waals surface area contributed by atoms with Gasteiger partial charge in [-0.2, -0.15) is 4.98 Å². The van der Waals surface area contributed by atoms with E-state index in [4.69, 9.17) is 15.2 Å². The Labute approximate surface area is 125 Å². The molecule has 2 N–H and O–H groups in total. The third-order valence-corrected chi connectivity index (χ3v) is 3.20. The van der Waals surface area contributed by atoms with Gasteiger partial charge in [-0.15, -0.1) is 0 Å². The van der Waals surface area contributed by atoms with Crippen LogP contribution < -0.4 is 15.2 Å². The number of nitrogens with two attached hydrogens (primary N) is 1. The van der Waals surface area contributed by atoms with Gasteiger partial charge < -0.3 is 15.2 Å². The summed E-state index contributed by atoms with van der Waals surface area (Å²) in [5.41, 5.74) is 7.77. The molecule has 1 aromatic heterocycles. The van der Waals surface area contributed by atoms with Crippen molar-refractivity contribution >= 4 is 5.82 Å². The summed E-state index contributed by atoms with van der Waals surface area (Å²) in [4.78, 5) is 8.74. The smallest absolute Gasteiger partial charge is 0.227 e. The number of rotatable bonds is 4. The maximum atomic E-state index is 5.95. The van der Waals surface area contributed by atoms with Crippen LogP contribution in [0.4, 0.5) is 5.82 Å². The molecule has 2 rings (SSSR count). The minimum absolute atomic E-state index is 0.176. The Bertz CT molecular complexity index is 654. The Morgan fingerprint density at radius 1 is 1.10 bits per heavy atom. The zero-order valence-corrected chi connectivity index (χ0v) is 13.1. The molecule has 0 spiro atoms. The van der Waals surface area contributed by atoms with E-state index < -0.39 is 0 Å². The third kappa shape index (κ3) is 3.24. The van der Waals surface area contributed by atoms with Crippen LogP contribution in [-0.4, -0.2) is 17.1 Å². The van der Waals surface area contributed by atoms with Crippen LogP contribution in [0.25, 0.3) is 0 Å². The van der Waals surface area contributed by atoms with Gasteiger partial charge in [-0.3, -0.25) is 0 Å². The molecule has 0 bridgehead atoms. The lowest BCUT2D eigenvalue weighted by atomic mass is 10.2. The second-order valence-electron chi connectivity index (χ2n) is 5.31. The summed E-state index contributed by atoms with van der Waals surface area (Å²) in [5, 5.41) is 0. The number of aromatic nitrogens is 2. The first kappa shape index (κ1) is 15.1. The van der Waals surface area contributed by atoms with Gasteiger partial charge in [0.25, 0.3) is 0 Å². The number of benzene rings is 1. The van der Waals surface area contributed by atoms with Crippen LogP contribution in [0.2, 0.25) is 0 Å². The van der Waals surface area contributed by atoms with Crippen molar-refractivity contribution < 1.29 is 9.47 Å². The van der Waals surface area contributed by atoms with Gasteiger partial charge >= 0.3 is 0 Å². The van der Waals surface area contributed by atoms with E-state index in [-0.39, 0.29) is 5.92 Å². The van der Waals surface area contributed by atoms with Crippen molar-refractivity contribution in [2.75, 3.05) is 12.8 Å². The number of hydrogen-bond donors (Lipinski definition) is 1. The molecule has 0 aliphatic carbocycles. The lowest BCUT2D eigenvalue weighted by Crippen LogP contribution is -2.06. The lowest BCUT2D eigenvalue weighted by Gasteiger charge is -2.14. The summed E-state index contributed by atoms with van der Waals surface area (Å²) in [7, 11) is 1.61. The van der Waals surface area contributed by atoms with Crippen LogP contribution in [-0.2, 0) is 0 Å². The average molecular weight is 287 g/mol. The highest BCUT2D eigenvalue weighted by atomic mass is 16.5. The molecule has 21 heavy (non-hydrogen) atoms. The van der Waals surface area contributed by atoms with Crippen molar-refractivity contribution in [3.8, 4) is 17.4 Å². The summed E-state index contributed by atoms with van der Waals surface area (Å²) in [6.45, 7) is 7.87. The minimum Gasteiger partial charge on any atom is -0.493 e. The number of hydrogen-bond acceptors (Lipinski definition) is 5. The maximum absolute atomic E-state index is 5.95. The molecule has 5 heteroatoms. The van der Waals surface area contributed by atoms with Crippen LogP contribution in [0.1, 0.15) is 36.7 Å². The van der Waals surface area contributed by atoms with Gasteiger partial charge in [-0.1, -0.05) is 19.9 Å². The van der Waals surface area contributed by atoms with Gasteiger partial charge in [-0.05, 0) is 31.5 Å². The Kier molecular flexibility index (Phi) is 4.31. The summed E-state index contributed by atoms with van der Waals surface area (Å²) in [6.07, 6.45) is 0. The van der Waals surface area contributed by atoms with E-state index in [0.29, 0.717) is 29.0 Å². The zero-order valence-electron chi connectivity index (χ0n) is 13.1. The SMILES string of the molecule is COc1cc(C)ccc1Oc1nc(C(C)C)nc(N)c1C. The van der Waals surface area contributed by atoms with Crippen molar-refractivity contribution in [1.29, 1.82) is 0 Å². The molecule has 0 unspecified atom stereocenters. The molecule has 0 fully saturated rings. The van der Waals surface area contributed by atoms with Crippen molar-refractivity contribution in [2.24, 2.45) is 0 Å². The number of ether oxygens (including phenoxy) is 2. The number of methoxy groups -OCH3 is 1. The van der Waals surface area contributed by atoms with Crippen molar-refractivity contribution in [1.82, 2.24) is 9.97 Å². The summed E-state index contributed by atoms with van der Waals surface area (Å²) in [6, 6.07) is 5.74. The molecule has 112 valence electrons. The molecule has 0 aliphatic rings. The molecular formula is C16H21N3O2. The van der Waals surface area contributed by atoms with E-state index in [0.717, 1.165) is 11.1 Å². The van der Waals surface area contributed by atoms with Crippen LogP contribution in [0.5, 0.6) is 17.4 Å². The van der Waals surface area contributed by atoms with Crippen molar-refractivity contribution in [2.45, 2.75) is 33.6 Å². The van der Waals surface area contributed by atoms with E-state index in [1.54, 1.807) is 7.11 Å². The normalized spacial score (nSPS) is 10.8. The fourth-order valence-electron chi connectivity index (χ4n) is 1.85. The van der Waals surface area contributed by atoms with Crippen LogP contribution in [0.15, 0.2) is 18.2 Å². The second kappa shape index (κ2) is 5.99. The van der Waals surface area contributed by atoms with Crippen molar-refractivity contribution in [3.63, 3.8) is 0 Å². The molecule has 0 amide bonds. The number of nitrogens with zero attached hydrogens (tertiary/aromatic N) is 2. The number of aryl methyl sites for hydroxylation is 1. The van der Waals surface area contributed by atoms with Gasteiger partial charge in [0.05, 0.1) is 12.7 Å². The van der Waals surface area contributed by atoms with Gasteiger partial charge in [0, 0.05) is 5.92 Å². The van der Waals surface area contributed by atoms with Gasteiger partial charge in [0.15, 0.2) is 11.5 Å². The predicted molar refractivity (Wildman–Crippen MR) is 83.1 cm³/mol. The highest BCUT2D eigenvalue weighted by Crippen LogP contribution is 2.34. The maximum Gasteiger partial charge on any atom is 0.227 e. The number of nitrogen functional groups attached to an aromatic ring is 1. The topological polar surface area (TPSA) is 70.3 Å². The van der Waals surface area contributed by atoms with E-state index in [1.165, 1.54) is 0 Å². The first-order valence-corrected chi connectivity index (χ1v) is 6.89. The van der Waals surface area contributed by atoms with Gasteiger partial charge in [-0.25, -0.2) is 4.98 Å². The Hall–Kier alpha value is -2.30. The average Bonchev–Trinajstić information content (AvgIpc) is 2.45. The summed E-state index contributed by atoms with van der Waals surface area (Å²) >= 11 is 0. The van der Waals surface area contributed by atoms with Gasteiger partial charge in [0.1, 0.15) is 11.6 Å². The van der Waals surface area contributed by atoms with E-state index in [1.807, 2.05) is 45.9 Å². The molecular weight excluding hydrogens is 266 g/mol. The molecule has 1 aromatic carbocycles. The molecule has 0 saturated heterocycles. The summed E-state index contributed by atoms with van der Waals surface area (Å²) in [5.74, 6) is 3.02. The van der Waals surface area contributed by atoms with Crippen LogP contribution in [0, 0.1) is 13.8 Å². The molecule has 0 radical (unpaired) electrons. The highest BCUT2D eigenvalue weighted by molar-refractivity contribution is 5.49. The first-order chi connectivity index (χ1) is 9.92. The van der Waals surface area contributed by atoms with Crippen molar-refractivity contribution in [3.05, 3.63) is 35.2 Å². The first-order valence-electron chi connectivity index (χ1n) is 6.89. The molecule has 0 saturated carbocycles. The Morgan fingerprint density at radius 2 is 1.81 bits per heavy atom. The monoisotopic (exact) mass is 287 g/mol. The third-order valence-electron chi connectivity index (χ3n) is 3.20. The molecule has 0 aliphatic heterocycles. The predicted octanol–water partition coefficient (Wildman–Crippen LogP) is 3.60. The fourth-order valence-corrected chi connectivity index (χ4v) is 1.85. The van der Waals surface area contributed by atoms with Gasteiger partial charge in [0.2, 0.25) is 5.88 Å². The Morgan fingerprint density at radius 3 is 2.43 bits per heavy atom. The standard InChI is InChI=1S/C16H21N3O2/c1-9(2)15-18-14(17)11(4)16(19-15)21-12-7-6-10(3)8-13(12)20-5/h6-9H,1-5H3,(H2,17,18,19). The van der Waals surface area contributed by atoms with Crippen LogP contribution >= 0.6 is 0 Å². The zero-order chi connectivity index (χ0) is 15.6. The molecule has 5 nitrogen and oxygen atoms in total. The molecule has 0 atom stereocenters. The van der Waals surface area contributed by atoms with E-state index in [2.05, 4.69) is 9.97 Å². The fraction of sp³-hybridized carbons (Fsp3) is 0.375. The molecule has 2 aromatic rings. The number of anilines is 1. The van der Waals surface area contributed by atoms with E-state index in [9.17, 15) is 0 Å². The summed E-state index contributed by atoms with van der Waals surface area (Å²) < 4.78 is 11.2. The largest absolute Gasteiger partial charge is 0.493 e. The van der Waals surface area contributed by atoms with Crippen LogP contribution in [0.3, 0.4) is 0 Å². The second-order valence-corrected chi connectivity index (χ2v) is 5.31.